The van der Waals surface area contributed by atoms with Crippen LogP contribution in [0.4, 0.5) is 0 Å². The van der Waals surface area contributed by atoms with Crippen LogP contribution in [-0.4, -0.2) is 39.7 Å². The number of esters is 1. The van der Waals surface area contributed by atoms with Crippen molar-refractivity contribution in [3.05, 3.63) is 83.1 Å². The van der Waals surface area contributed by atoms with Gasteiger partial charge in [0, 0.05) is 11.6 Å². The van der Waals surface area contributed by atoms with E-state index in [1.165, 1.54) is 21.3 Å². The molecule has 1 unspecified atom stereocenters. The number of hydrogen-bond acceptors (Lipinski definition) is 8. The quantitative estimate of drug-likeness (QED) is 0.305. The number of Topliss-reactive ketones (excluding diaryl/α,β-unsaturated/α-hetero) is 1. The first-order chi connectivity index (χ1) is 17.5. The maximum atomic E-state index is 13.0. The molecule has 1 atom stereocenters. The minimum absolute atomic E-state index is 0.126. The number of rotatable bonds is 9. The van der Waals surface area contributed by atoms with Crippen LogP contribution in [0.25, 0.3) is 6.08 Å². The Morgan fingerprint density at radius 2 is 1.64 bits per heavy atom. The van der Waals surface area contributed by atoms with Crippen molar-refractivity contribution in [2.45, 2.75) is 13.0 Å². The summed E-state index contributed by atoms with van der Waals surface area (Å²) in [5.41, 5.74) is 1.66. The Morgan fingerprint density at radius 1 is 0.944 bits per heavy atom. The summed E-state index contributed by atoms with van der Waals surface area (Å²) in [6, 6.07) is 17.3. The third kappa shape index (κ3) is 4.98. The Balaban J connectivity index is 1.61. The van der Waals surface area contributed by atoms with Gasteiger partial charge in [-0.15, -0.1) is 0 Å². The van der Waals surface area contributed by atoms with Crippen LogP contribution >= 0.6 is 0 Å². The highest BCUT2D eigenvalue weighted by Gasteiger charge is 2.30. The monoisotopic (exact) mass is 490 g/mol. The van der Waals surface area contributed by atoms with E-state index in [1.807, 2.05) is 18.2 Å². The maximum Gasteiger partial charge on any atom is 0.352 e. The number of carbonyl (C=O) groups excluding carboxylic acids is 2. The zero-order valence-corrected chi connectivity index (χ0v) is 20.4. The first-order valence-corrected chi connectivity index (χ1v) is 11.3. The minimum Gasteiger partial charge on any atom is -0.493 e. The van der Waals surface area contributed by atoms with Gasteiger partial charge in [0.2, 0.25) is 17.6 Å². The Hall–Kier alpha value is -4.46. The van der Waals surface area contributed by atoms with Gasteiger partial charge in [-0.25, -0.2) is 4.79 Å². The molecule has 0 bridgehead atoms. The summed E-state index contributed by atoms with van der Waals surface area (Å²) >= 11 is 0. The number of methoxy groups -OCH3 is 3. The van der Waals surface area contributed by atoms with E-state index in [2.05, 4.69) is 0 Å². The van der Waals surface area contributed by atoms with Crippen LogP contribution in [0.3, 0.4) is 0 Å². The van der Waals surface area contributed by atoms with Crippen molar-refractivity contribution in [1.29, 1.82) is 0 Å². The van der Waals surface area contributed by atoms with Gasteiger partial charge in [-0.2, -0.15) is 0 Å². The highest BCUT2D eigenvalue weighted by Crippen LogP contribution is 2.40. The second kappa shape index (κ2) is 10.9. The van der Waals surface area contributed by atoms with Crippen LogP contribution in [0.1, 0.15) is 34.5 Å². The van der Waals surface area contributed by atoms with Crippen molar-refractivity contribution in [2.75, 3.05) is 27.9 Å². The Labute approximate surface area is 209 Å². The molecular weight excluding hydrogens is 464 g/mol. The standard InChI is InChI=1S/C28H26O8/c1-5-34-28(30)26(18-9-7-6-8-10-18)35-19-11-12-20-21(16-19)36-22(25(20)29)13-17-14-23(31-2)27(33-4)24(15-17)32-3/h6-16,26H,5H2,1-4H3. The van der Waals surface area contributed by atoms with Crippen LogP contribution in [0.5, 0.6) is 28.7 Å². The van der Waals surface area contributed by atoms with Gasteiger partial charge in [-0.05, 0) is 42.8 Å². The molecule has 0 saturated carbocycles. The Kier molecular flexibility index (Phi) is 7.44. The lowest BCUT2D eigenvalue weighted by Gasteiger charge is -2.18. The van der Waals surface area contributed by atoms with E-state index in [0.717, 1.165) is 0 Å². The fraction of sp³-hybridized carbons (Fsp3) is 0.214. The van der Waals surface area contributed by atoms with Gasteiger partial charge in [0.15, 0.2) is 17.3 Å². The van der Waals surface area contributed by atoms with E-state index in [1.54, 1.807) is 55.5 Å². The average molecular weight is 491 g/mol. The average Bonchev–Trinajstić information content (AvgIpc) is 3.21. The third-order valence-corrected chi connectivity index (χ3v) is 5.48. The number of hydrogen-bond donors (Lipinski definition) is 0. The van der Waals surface area contributed by atoms with Gasteiger partial charge in [-0.1, -0.05) is 30.3 Å². The van der Waals surface area contributed by atoms with E-state index in [4.69, 9.17) is 28.4 Å². The molecule has 8 nitrogen and oxygen atoms in total. The topological polar surface area (TPSA) is 89.5 Å². The summed E-state index contributed by atoms with van der Waals surface area (Å²) in [4.78, 5) is 25.6. The Morgan fingerprint density at radius 3 is 2.25 bits per heavy atom. The lowest BCUT2D eigenvalue weighted by Crippen LogP contribution is -2.21. The molecule has 0 aliphatic carbocycles. The zero-order valence-electron chi connectivity index (χ0n) is 20.4. The summed E-state index contributed by atoms with van der Waals surface area (Å²) in [7, 11) is 4.55. The largest absolute Gasteiger partial charge is 0.493 e. The first-order valence-electron chi connectivity index (χ1n) is 11.3. The van der Waals surface area contributed by atoms with E-state index in [0.29, 0.717) is 45.4 Å². The number of allylic oxidation sites excluding steroid dienone is 1. The van der Waals surface area contributed by atoms with E-state index >= 15 is 0 Å². The normalized spacial score (nSPS) is 14.0. The molecule has 3 aromatic rings. The molecular formula is C28H26O8. The lowest BCUT2D eigenvalue weighted by molar-refractivity contribution is -0.151. The summed E-state index contributed by atoms with van der Waals surface area (Å²) in [5, 5.41) is 0. The summed E-state index contributed by atoms with van der Waals surface area (Å²) in [6.07, 6.45) is 0.634. The highest BCUT2D eigenvalue weighted by molar-refractivity contribution is 6.14. The van der Waals surface area contributed by atoms with Gasteiger partial charge in [-0.3, -0.25) is 4.79 Å². The van der Waals surface area contributed by atoms with Gasteiger partial charge >= 0.3 is 5.97 Å². The van der Waals surface area contributed by atoms with Crippen molar-refractivity contribution in [2.24, 2.45) is 0 Å². The molecule has 186 valence electrons. The molecule has 0 amide bonds. The lowest BCUT2D eigenvalue weighted by atomic mass is 10.1. The van der Waals surface area contributed by atoms with Crippen molar-refractivity contribution in [3.8, 4) is 28.7 Å². The number of ketones is 1. The van der Waals surface area contributed by atoms with E-state index in [-0.39, 0.29) is 18.1 Å². The molecule has 8 heteroatoms. The van der Waals surface area contributed by atoms with Crippen LogP contribution in [0, 0.1) is 0 Å². The second-order valence-electron chi connectivity index (χ2n) is 7.72. The van der Waals surface area contributed by atoms with E-state index in [9.17, 15) is 9.59 Å². The zero-order chi connectivity index (χ0) is 25.7. The predicted octanol–water partition coefficient (Wildman–Crippen LogP) is 5.01. The molecule has 0 saturated heterocycles. The second-order valence-corrected chi connectivity index (χ2v) is 7.72. The molecule has 0 aromatic heterocycles. The van der Waals surface area contributed by atoms with E-state index < -0.39 is 12.1 Å². The molecule has 36 heavy (non-hydrogen) atoms. The summed E-state index contributed by atoms with van der Waals surface area (Å²) < 4.78 is 33.2. The van der Waals surface area contributed by atoms with Gasteiger partial charge < -0.3 is 28.4 Å². The number of fused-ring (bicyclic) bond motifs is 1. The maximum absolute atomic E-state index is 13.0. The molecule has 0 radical (unpaired) electrons. The smallest absolute Gasteiger partial charge is 0.352 e. The molecule has 0 N–H and O–H groups in total. The molecule has 0 fully saturated rings. The predicted molar refractivity (Wildman–Crippen MR) is 132 cm³/mol. The number of carbonyl (C=O) groups is 2. The van der Waals surface area contributed by atoms with Crippen LogP contribution < -0.4 is 23.7 Å². The van der Waals surface area contributed by atoms with Crippen LogP contribution in [0.15, 0.2) is 66.4 Å². The van der Waals surface area contributed by atoms with Crippen LogP contribution in [0.2, 0.25) is 0 Å². The molecule has 1 aliphatic rings. The Bertz CT molecular complexity index is 1270. The molecule has 3 aromatic carbocycles. The number of benzene rings is 3. The van der Waals surface area contributed by atoms with Crippen molar-refractivity contribution < 1.29 is 38.0 Å². The fourth-order valence-electron chi connectivity index (χ4n) is 3.81. The van der Waals surface area contributed by atoms with Gasteiger partial charge in [0.05, 0.1) is 33.5 Å². The minimum atomic E-state index is -0.962. The molecule has 1 heterocycles. The first kappa shape index (κ1) is 24.7. The van der Waals surface area contributed by atoms with Gasteiger partial charge in [0.1, 0.15) is 11.5 Å². The summed E-state index contributed by atoms with van der Waals surface area (Å²) in [6.45, 7) is 1.96. The third-order valence-electron chi connectivity index (χ3n) is 5.48. The molecule has 0 spiro atoms. The summed E-state index contributed by atoms with van der Waals surface area (Å²) in [5.74, 6) is 1.37. The SMILES string of the molecule is CCOC(=O)C(Oc1ccc2c(c1)OC(=Cc1cc(OC)c(OC)c(OC)c1)C2=O)c1ccccc1. The molecule has 4 rings (SSSR count). The number of ether oxygens (including phenoxy) is 6. The van der Waals surface area contributed by atoms with Gasteiger partial charge in [0.25, 0.3) is 0 Å². The van der Waals surface area contributed by atoms with Crippen molar-refractivity contribution in [3.63, 3.8) is 0 Å². The van der Waals surface area contributed by atoms with Crippen LogP contribution in [-0.2, 0) is 9.53 Å². The highest BCUT2D eigenvalue weighted by atomic mass is 16.6. The van der Waals surface area contributed by atoms with Crippen molar-refractivity contribution in [1.82, 2.24) is 0 Å². The molecule has 1 aliphatic heterocycles. The van der Waals surface area contributed by atoms with Crippen molar-refractivity contribution >= 4 is 17.8 Å². The fourth-order valence-corrected chi connectivity index (χ4v) is 3.81.